The molecule has 1 fully saturated rings. The first-order valence-electron chi connectivity index (χ1n) is 12.6. The second kappa shape index (κ2) is 26.7. The summed E-state index contributed by atoms with van der Waals surface area (Å²) in [6.07, 6.45) is 15.5. The van der Waals surface area contributed by atoms with Crippen LogP contribution in [-0.4, -0.2) is 0 Å². The standard InChI is InChI=1S/C8H18.C7H14.C6H12.C4H10.C3H8/c1-4-5-6-7-8(2)3;1-6-4-5-7(6,2)3;1-4-5-6(2)3;1-3-4-2;1-3-2/h8H,4-7H2,1-3H3;6H,4-5H2,1-3H3;4,6H,1,5H2,2-3H3;3-4H2,1-2H3;3H2,1-2H3. The van der Waals surface area contributed by atoms with Crippen molar-refractivity contribution in [3.05, 3.63) is 12.7 Å². The lowest BCUT2D eigenvalue weighted by atomic mass is 9.64. The van der Waals surface area contributed by atoms with Gasteiger partial charge in [-0.2, -0.15) is 0 Å². The highest BCUT2D eigenvalue weighted by Gasteiger charge is 2.34. The van der Waals surface area contributed by atoms with Gasteiger partial charge in [0, 0.05) is 0 Å². The molecule has 1 saturated carbocycles. The minimum Gasteiger partial charge on any atom is -0.103 e. The molecule has 0 amide bonds. The zero-order valence-corrected chi connectivity index (χ0v) is 22.6. The third-order valence-corrected chi connectivity index (χ3v) is 5.08. The average molecular weight is 399 g/mol. The summed E-state index contributed by atoms with van der Waals surface area (Å²) >= 11 is 0. The molecular formula is C28H62. The maximum absolute atomic E-state index is 3.60. The van der Waals surface area contributed by atoms with Crippen molar-refractivity contribution in [3.8, 4) is 0 Å². The number of rotatable bonds is 7. The van der Waals surface area contributed by atoms with Crippen LogP contribution in [0.1, 0.15) is 147 Å². The monoisotopic (exact) mass is 398 g/mol. The molecule has 1 unspecified atom stereocenters. The molecule has 0 aliphatic heterocycles. The van der Waals surface area contributed by atoms with Crippen molar-refractivity contribution >= 4 is 0 Å². The van der Waals surface area contributed by atoms with Crippen molar-refractivity contribution in [1.29, 1.82) is 0 Å². The molecular weight excluding hydrogens is 336 g/mol. The molecule has 1 aliphatic carbocycles. The molecule has 0 saturated heterocycles. The van der Waals surface area contributed by atoms with Gasteiger partial charge in [0.1, 0.15) is 0 Å². The zero-order chi connectivity index (χ0) is 23.0. The summed E-state index contributed by atoms with van der Waals surface area (Å²) in [7, 11) is 0. The fourth-order valence-electron chi connectivity index (χ4n) is 2.15. The lowest BCUT2D eigenvalue weighted by molar-refractivity contribution is 0.0892. The Morgan fingerprint density at radius 3 is 1.39 bits per heavy atom. The topological polar surface area (TPSA) is 0 Å². The van der Waals surface area contributed by atoms with Crippen molar-refractivity contribution in [2.24, 2.45) is 23.2 Å². The molecule has 0 bridgehead atoms. The smallest absolute Gasteiger partial charge is 0.0328 e. The number of allylic oxidation sites excluding steroid dienone is 1. The Morgan fingerprint density at radius 2 is 1.29 bits per heavy atom. The van der Waals surface area contributed by atoms with Crippen molar-refractivity contribution < 1.29 is 0 Å². The Labute approximate surface area is 183 Å². The highest BCUT2D eigenvalue weighted by molar-refractivity contribution is 4.84. The molecule has 0 aromatic carbocycles. The Hall–Kier alpha value is -0.260. The molecule has 0 nitrogen and oxygen atoms in total. The van der Waals surface area contributed by atoms with Crippen LogP contribution >= 0.6 is 0 Å². The van der Waals surface area contributed by atoms with Crippen LogP contribution in [0.4, 0.5) is 0 Å². The van der Waals surface area contributed by atoms with E-state index in [0.29, 0.717) is 5.41 Å². The lowest BCUT2D eigenvalue weighted by Gasteiger charge is -2.42. The van der Waals surface area contributed by atoms with Crippen LogP contribution in [0.3, 0.4) is 0 Å². The molecule has 0 heterocycles. The van der Waals surface area contributed by atoms with Crippen LogP contribution in [-0.2, 0) is 0 Å². The van der Waals surface area contributed by atoms with E-state index in [2.05, 4.69) is 89.7 Å². The van der Waals surface area contributed by atoms with Gasteiger partial charge in [0.15, 0.2) is 0 Å². The summed E-state index contributed by atoms with van der Waals surface area (Å²) in [6, 6.07) is 0. The lowest BCUT2D eigenvalue weighted by Crippen LogP contribution is -2.31. The highest BCUT2D eigenvalue weighted by Crippen LogP contribution is 2.45. The summed E-state index contributed by atoms with van der Waals surface area (Å²) in [4.78, 5) is 0. The molecule has 1 rings (SSSR count). The van der Waals surface area contributed by atoms with Gasteiger partial charge in [-0.05, 0) is 42.4 Å². The fourth-order valence-corrected chi connectivity index (χ4v) is 2.15. The van der Waals surface area contributed by atoms with E-state index < -0.39 is 0 Å². The first-order valence-corrected chi connectivity index (χ1v) is 12.6. The number of hydrogen-bond donors (Lipinski definition) is 0. The van der Waals surface area contributed by atoms with Gasteiger partial charge in [-0.25, -0.2) is 0 Å². The zero-order valence-electron chi connectivity index (χ0n) is 22.6. The number of hydrogen-bond acceptors (Lipinski definition) is 0. The van der Waals surface area contributed by atoms with Crippen LogP contribution < -0.4 is 0 Å². The van der Waals surface area contributed by atoms with Crippen molar-refractivity contribution in [2.75, 3.05) is 0 Å². The largest absolute Gasteiger partial charge is 0.103 e. The second-order valence-electron chi connectivity index (χ2n) is 9.94. The minimum absolute atomic E-state index is 0.681. The minimum atomic E-state index is 0.681. The van der Waals surface area contributed by atoms with E-state index in [-0.39, 0.29) is 0 Å². The van der Waals surface area contributed by atoms with Crippen LogP contribution in [0.25, 0.3) is 0 Å². The molecule has 1 atom stereocenters. The normalized spacial score (nSPS) is 16.0. The third-order valence-electron chi connectivity index (χ3n) is 5.08. The summed E-state index contributed by atoms with van der Waals surface area (Å²) < 4.78 is 0. The SMILES string of the molecule is C=CCC(C)C.CC1CCC1(C)C.CCC.CCCC.CCCCCC(C)C. The van der Waals surface area contributed by atoms with Crippen molar-refractivity contribution in [3.63, 3.8) is 0 Å². The quantitative estimate of drug-likeness (QED) is 0.295. The molecule has 1 aliphatic rings. The van der Waals surface area contributed by atoms with E-state index in [1.54, 1.807) is 0 Å². The molecule has 0 spiro atoms. The maximum atomic E-state index is 3.60. The average Bonchev–Trinajstić information content (AvgIpc) is 2.62. The Kier molecular flexibility index (Phi) is 33.6. The van der Waals surface area contributed by atoms with E-state index in [0.717, 1.165) is 24.2 Å². The van der Waals surface area contributed by atoms with Crippen LogP contribution in [0.5, 0.6) is 0 Å². The van der Waals surface area contributed by atoms with Gasteiger partial charge >= 0.3 is 0 Å². The van der Waals surface area contributed by atoms with E-state index in [9.17, 15) is 0 Å². The van der Waals surface area contributed by atoms with Crippen molar-refractivity contribution in [2.45, 2.75) is 147 Å². The highest BCUT2D eigenvalue weighted by atomic mass is 14.4. The first-order chi connectivity index (χ1) is 13.0. The Balaban J connectivity index is -0.000000134. The van der Waals surface area contributed by atoms with Gasteiger partial charge in [0.05, 0.1) is 0 Å². The molecule has 0 radical (unpaired) electrons. The van der Waals surface area contributed by atoms with Gasteiger partial charge in [0.25, 0.3) is 0 Å². The molecule has 0 aromatic rings. The van der Waals surface area contributed by atoms with Crippen molar-refractivity contribution in [1.82, 2.24) is 0 Å². The predicted octanol–water partition coefficient (Wildman–Crippen LogP) is 11.1. The van der Waals surface area contributed by atoms with Gasteiger partial charge in [-0.15, -0.1) is 6.58 Å². The summed E-state index contributed by atoms with van der Waals surface area (Å²) in [5.74, 6) is 2.66. The van der Waals surface area contributed by atoms with E-state index >= 15 is 0 Å². The van der Waals surface area contributed by atoms with Gasteiger partial charge in [0.2, 0.25) is 0 Å². The second-order valence-corrected chi connectivity index (χ2v) is 9.94. The third kappa shape index (κ3) is 36.6. The van der Waals surface area contributed by atoms with Crippen LogP contribution in [0.2, 0.25) is 0 Å². The maximum Gasteiger partial charge on any atom is -0.0328 e. The molecule has 28 heavy (non-hydrogen) atoms. The first kappa shape index (κ1) is 35.2. The Morgan fingerprint density at radius 1 is 0.857 bits per heavy atom. The van der Waals surface area contributed by atoms with Gasteiger partial charge in [-0.1, -0.05) is 134 Å². The van der Waals surface area contributed by atoms with E-state index in [1.165, 1.54) is 57.8 Å². The van der Waals surface area contributed by atoms with E-state index in [4.69, 9.17) is 0 Å². The Bertz CT molecular complexity index is 257. The molecule has 0 heteroatoms. The van der Waals surface area contributed by atoms with Gasteiger partial charge < -0.3 is 0 Å². The number of unbranched alkanes of at least 4 members (excludes halogenated alkanes) is 3. The van der Waals surface area contributed by atoms with E-state index in [1.807, 2.05) is 6.08 Å². The van der Waals surface area contributed by atoms with Crippen LogP contribution in [0, 0.1) is 23.2 Å². The fraction of sp³-hybridized carbons (Fsp3) is 0.929. The summed E-state index contributed by atoms with van der Waals surface area (Å²) in [6.45, 7) is 30.4. The summed E-state index contributed by atoms with van der Waals surface area (Å²) in [5, 5.41) is 0. The van der Waals surface area contributed by atoms with Crippen LogP contribution in [0.15, 0.2) is 12.7 Å². The summed E-state index contributed by atoms with van der Waals surface area (Å²) in [5.41, 5.74) is 0.681. The predicted molar refractivity (Wildman–Crippen MR) is 137 cm³/mol. The van der Waals surface area contributed by atoms with Gasteiger partial charge in [-0.3, -0.25) is 0 Å². The molecule has 174 valence electrons. The molecule has 0 N–H and O–H groups in total. The molecule has 0 aromatic heterocycles.